The number of H-pyrrole nitrogens is 1. The number of halogens is 1. The summed E-state index contributed by atoms with van der Waals surface area (Å²) in [6.07, 6.45) is 3.20. The van der Waals surface area contributed by atoms with Gasteiger partial charge in [-0.15, -0.1) is 11.3 Å². The highest BCUT2D eigenvalue weighted by Crippen LogP contribution is 2.35. The molecular formula is C19H13ClN4OS. The number of carbonyl (C=O) groups is 1. The first-order valence-corrected chi connectivity index (χ1v) is 9.08. The van der Waals surface area contributed by atoms with Crippen molar-refractivity contribution in [3.8, 4) is 11.1 Å². The Morgan fingerprint density at radius 1 is 1.19 bits per heavy atom. The van der Waals surface area contributed by atoms with Gasteiger partial charge in [-0.2, -0.15) is 5.10 Å². The highest BCUT2D eigenvalue weighted by molar-refractivity contribution is 7.11. The van der Waals surface area contributed by atoms with Crippen LogP contribution in [0.25, 0.3) is 22.0 Å². The number of nitrogens with one attached hydrogen (secondary N) is 2. The van der Waals surface area contributed by atoms with Crippen LogP contribution < -0.4 is 5.43 Å². The molecule has 7 heteroatoms. The van der Waals surface area contributed by atoms with Crippen molar-refractivity contribution in [3.63, 3.8) is 0 Å². The minimum atomic E-state index is -0.344. The molecule has 0 saturated carbocycles. The number of hydrogen-bond donors (Lipinski definition) is 2. The number of hydrazone groups is 1. The van der Waals surface area contributed by atoms with Crippen LogP contribution in [0.15, 0.2) is 65.2 Å². The van der Waals surface area contributed by atoms with Gasteiger partial charge in [0.25, 0.3) is 5.91 Å². The molecule has 4 aromatic rings. The zero-order chi connectivity index (χ0) is 17.9. The first-order chi connectivity index (χ1) is 12.7. The zero-order valence-corrected chi connectivity index (χ0v) is 15.0. The van der Waals surface area contributed by atoms with Crippen LogP contribution in [-0.2, 0) is 0 Å². The maximum Gasteiger partial charge on any atom is 0.288 e. The molecule has 0 fully saturated rings. The second-order valence-corrected chi connectivity index (χ2v) is 6.81. The quantitative estimate of drug-likeness (QED) is 0.397. The van der Waals surface area contributed by atoms with Gasteiger partial charge in [0.15, 0.2) is 0 Å². The van der Waals surface area contributed by atoms with Crippen molar-refractivity contribution >= 4 is 46.0 Å². The Hall–Kier alpha value is -2.96. The molecular weight excluding hydrogens is 368 g/mol. The summed E-state index contributed by atoms with van der Waals surface area (Å²) in [5, 5.41) is 7.99. The zero-order valence-electron chi connectivity index (χ0n) is 13.4. The van der Waals surface area contributed by atoms with Crippen molar-refractivity contribution in [1.82, 2.24) is 15.4 Å². The summed E-state index contributed by atoms with van der Waals surface area (Å²) in [6.45, 7) is 0. The van der Waals surface area contributed by atoms with Crippen molar-refractivity contribution in [2.24, 2.45) is 5.10 Å². The van der Waals surface area contributed by atoms with Gasteiger partial charge in [-0.1, -0.05) is 54.1 Å². The number of aromatic amines is 1. The van der Waals surface area contributed by atoms with Gasteiger partial charge in [0.1, 0.15) is 10.7 Å². The average Bonchev–Trinajstić information content (AvgIpc) is 3.30. The minimum Gasteiger partial charge on any atom is -0.349 e. The maximum absolute atomic E-state index is 12.7. The van der Waals surface area contributed by atoms with Gasteiger partial charge in [-0.25, -0.2) is 10.4 Å². The van der Waals surface area contributed by atoms with Crippen molar-refractivity contribution in [1.29, 1.82) is 0 Å². The van der Waals surface area contributed by atoms with Gasteiger partial charge in [0.2, 0.25) is 0 Å². The summed E-state index contributed by atoms with van der Waals surface area (Å²) in [4.78, 5) is 20.0. The summed E-state index contributed by atoms with van der Waals surface area (Å²) in [6, 6.07) is 15.3. The molecule has 2 N–H and O–H groups in total. The van der Waals surface area contributed by atoms with E-state index in [1.54, 1.807) is 12.3 Å². The molecule has 0 atom stereocenters. The van der Waals surface area contributed by atoms with Crippen LogP contribution >= 0.6 is 22.9 Å². The van der Waals surface area contributed by atoms with E-state index in [9.17, 15) is 4.79 Å². The van der Waals surface area contributed by atoms with E-state index in [1.165, 1.54) is 17.6 Å². The van der Waals surface area contributed by atoms with E-state index in [-0.39, 0.29) is 5.91 Å². The van der Waals surface area contributed by atoms with Gasteiger partial charge < -0.3 is 4.98 Å². The lowest BCUT2D eigenvalue weighted by Gasteiger charge is -2.04. The van der Waals surface area contributed by atoms with E-state index in [0.29, 0.717) is 15.7 Å². The lowest BCUT2D eigenvalue weighted by molar-refractivity contribution is 0.0951. The molecule has 0 unspecified atom stereocenters. The van der Waals surface area contributed by atoms with Crippen LogP contribution in [0.2, 0.25) is 5.02 Å². The fourth-order valence-corrected chi connectivity index (χ4v) is 3.48. The van der Waals surface area contributed by atoms with Gasteiger partial charge in [-0.3, -0.25) is 4.79 Å². The molecule has 1 amide bonds. The number of benzene rings is 2. The number of para-hydroxylation sites is 1. The Kier molecular flexibility index (Phi) is 4.51. The highest BCUT2D eigenvalue weighted by atomic mass is 35.5. The molecule has 0 spiro atoms. The summed E-state index contributed by atoms with van der Waals surface area (Å²) in [5.74, 6) is -0.344. The van der Waals surface area contributed by atoms with Gasteiger partial charge in [0.05, 0.1) is 16.8 Å². The maximum atomic E-state index is 12.7. The number of nitrogens with zero attached hydrogens (tertiary/aromatic N) is 2. The van der Waals surface area contributed by atoms with Gasteiger partial charge in [0, 0.05) is 22.5 Å². The molecule has 0 aliphatic heterocycles. The van der Waals surface area contributed by atoms with Crippen molar-refractivity contribution < 1.29 is 4.79 Å². The fourth-order valence-electron chi connectivity index (χ4n) is 2.76. The predicted molar refractivity (Wildman–Crippen MR) is 106 cm³/mol. The number of aromatic nitrogens is 2. The average molecular weight is 381 g/mol. The first-order valence-electron chi connectivity index (χ1n) is 7.82. The normalized spacial score (nSPS) is 11.3. The molecule has 5 nitrogen and oxygen atoms in total. The number of rotatable bonds is 4. The van der Waals surface area contributed by atoms with Crippen LogP contribution in [0.3, 0.4) is 0 Å². The number of fused-ring (bicyclic) bond motifs is 1. The van der Waals surface area contributed by atoms with Crippen LogP contribution in [0.1, 0.15) is 15.5 Å². The Labute approximate surface area is 158 Å². The second-order valence-electron chi connectivity index (χ2n) is 5.47. The molecule has 0 bridgehead atoms. The van der Waals surface area contributed by atoms with E-state index in [0.717, 1.165) is 22.0 Å². The van der Waals surface area contributed by atoms with Crippen LogP contribution in [0.4, 0.5) is 0 Å². The monoisotopic (exact) mass is 380 g/mol. The summed E-state index contributed by atoms with van der Waals surface area (Å²) in [7, 11) is 0. The number of thiazole rings is 1. The number of hydrogen-bond acceptors (Lipinski definition) is 4. The highest BCUT2D eigenvalue weighted by Gasteiger charge is 2.20. The van der Waals surface area contributed by atoms with E-state index >= 15 is 0 Å². The Morgan fingerprint density at radius 2 is 2.04 bits per heavy atom. The van der Waals surface area contributed by atoms with Crippen molar-refractivity contribution in [2.45, 2.75) is 0 Å². The van der Waals surface area contributed by atoms with E-state index in [2.05, 4.69) is 20.5 Å². The third kappa shape index (κ3) is 3.12. The molecule has 26 heavy (non-hydrogen) atoms. The van der Waals surface area contributed by atoms with Crippen molar-refractivity contribution in [3.05, 3.63) is 75.8 Å². The largest absolute Gasteiger partial charge is 0.349 e. The Balaban J connectivity index is 1.76. The molecule has 0 radical (unpaired) electrons. The molecule has 2 heterocycles. The molecule has 0 aliphatic carbocycles. The first kappa shape index (κ1) is 16.5. The van der Waals surface area contributed by atoms with Crippen LogP contribution in [0.5, 0.6) is 0 Å². The van der Waals surface area contributed by atoms with Crippen LogP contribution in [0, 0.1) is 0 Å². The van der Waals surface area contributed by atoms with Gasteiger partial charge >= 0.3 is 0 Å². The third-order valence-corrected chi connectivity index (χ3v) is 4.89. The minimum absolute atomic E-state index is 0.344. The summed E-state index contributed by atoms with van der Waals surface area (Å²) < 4.78 is 0. The third-order valence-electron chi connectivity index (χ3n) is 3.86. The molecule has 0 saturated heterocycles. The number of carbonyl (C=O) groups excluding carboxylic acids is 1. The molecule has 4 rings (SSSR count). The molecule has 2 aromatic heterocycles. The lowest BCUT2D eigenvalue weighted by Crippen LogP contribution is -2.18. The van der Waals surface area contributed by atoms with E-state index in [4.69, 9.17) is 11.6 Å². The Morgan fingerprint density at radius 3 is 2.81 bits per heavy atom. The van der Waals surface area contributed by atoms with E-state index in [1.807, 2.05) is 47.8 Å². The summed E-state index contributed by atoms with van der Waals surface area (Å²) >= 11 is 7.75. The topological polar surface area (TPSA) is 70.1 Å². The lowest BCUT2D eigenvalue weighted by atomic mass is 10.0. The fraction of sp³-hybridized carbons (Fsp3) is 0. The van der Waals surface area contributed by atoms with Crippen molar-refractivity contribution in [2.75, 3.05) is 0 Å². The van der Waals surface area contributed by atoms with Gasteiger partial charge in [-0.05, 0) is 11.6 Å². The second kappa shape index (κ2) is 7.11. The van der Waals surface area contributed by atoms with E-state index < -0.39 is 0 Å². The SMILES string of the molecule is O=C(N/N=C/c1nccs1)c1[nH]c2c(Cl)cccc2c1-c1ccccc1. The molecule has 0 aliphatic rings. The van der Waals surface area contributed by atoms with Crippen LogP contribution in [-0.4, -0.2) is 22.1 Å². The smallest absolute Gasteiger partial charge is 0.288 e. The predicted octanol–water partition coefficient (Wildman–Crippen LogP) is 4.71. The molecule has 128 valence electrons. The Bertz CT molecular complexity index is 1090. The summed E-state index contributed by atoms with van der Waals surface area (Å²) in [5.41, 5.74) is 5.41. The molecule has 2 aromatic carbocycles. The standard InChI is InChI=1S/C19H13ClN4OS/c20-14-8-4-7-13-16(12-5-2-1-3-6-12)18(23-17(13)14)19(25)24-22-11-15-21-9-10-26-15/h1-11,23H,(H,24,25)/b22-11+. The number of amides is 1.